The van der Waals surface area contributed by atoms with Crippen LogP contribution < -0.4 is 0 Å². The van der Waals surface area contributed by atoms with Gasteiger partial charge in [0, 0.05) is 12.6 Å². The lowest BCUT2D eigenvalue weighted by Gasteiger charge is -2.09. The molecule has 0 aliphatic heterocycles. The number of hydrogen-bond acceptors (Lipinski definition) is 4. The Morgan fingerprint density at radius 2 is 2.17 bits per heavy atom. The molecule has 1 aromatic rings. The summed E-state index contributed by atoms with van der Waals surface area (Å²) in [6, 6.07) is 1.16. The summed E-state index contributed by atoms with van der Waals surface area (Å²) in [5.41, 5.74) is -0.953. The van der Waals surface area contributed by atoms with Gasteiger partial charge in [-0.25, -0.2) is 18.0 Å². The first-order chi connectivity index (χ1) is 10.9. The fourth-order valence-electron chi connectivity index (χ4n) is 1.75. The van der Waals surface area contributed by atoms with Crippen molar-refractivity contribution in [1.82, 2.24) is 0 Å². The topological polar surface area (TPSA) is 58.9 Å². The lowest BCUT2D eigenvalue weighted by Crippen LogP contribution is -2.12. The molecule has 2 rings (SSSR count). The number of hydrogen-bond donors (Lipinski definition) is 1. The van der Waals surface area contributed by atoms with Crippen LogP contribution in [0, 0.1) is 11.6 Å². The highest BCUT2D eigenvalue weighted by atomic mass is 35.5. The zero-order valence-corrected chi connectivity index (χ0v) is 12.8. The van der Waals surface area contributed by atoms with Crippen molar-refractivity contribution >= 4 is 29.5 Å². The highest BCUT2D eigenvalue weighted by Crippen LogP contribution is 2.30. The smallest absolute Gasteiger partial charge is 0.343 e. The van der Waals surface area contributed by atoms with Crippen molar-refractivity contribution in [2.75, 3.05) is 6.61 Å². The van der Waals surface area contributed by atoms with Crippen molar-refractivity contribution in [3.05, 3.63) is 39.9 Å². The number of aliphatic imine (C=N–C) groups is 1. The second kappa shape index (κ2) is 7.04. The summed E-state index contributed by atoms with van der Waals surface area (Å²) in [6.07, 6.45) is 0.0344. The standard InChI is InChI=1S/C15H13ClF3NO3/c1-2-23-15(22)8(6-20-11-5-10(11)18)14(21)7-3-4-9(17)12(16)13(7)19/h3-4,6,10-11,21H,2,5H2,1H3/t10-,11-/m1/s1. The van der Waals surface area contributed by atoms with Gasteiger partial charge in [-0.3, -0.25) is 4.99 Å². The minimum atomic E-state index is -1.23. The molecule has 0 aromatic heterocycles. The molecule has 23 heavy (non-hydrogen) atoms. The Bertz CT molecular complexity index is 691. The number of rotatable bonds is 5. The molecule has 1 aromatic carbocycles. The summed E-state index contributed by atoms with van der Waals surface area (Å²) < 4.78 is 44.7. The number of benzene rings is 1. The number of nitrogens with zero attached hydrogens (tertiary/aromatic N) is 1. The van der Waals surface area contributed by atoms with Crippen LogP contribution in [-0.4, -0.2) is 36.1 Å². The number of alkyl halides is 1. The number of esters is 1. The molecule has 4 nitrogen and oxygen atoms in total. The number of halogens is 4. The molecule has 2 atom stereocenters. The number of aliphatic hydroxyl groups is 1. The van der Waals surface area contributed by atoms with Gasteiger partial charge in [0.2, 0.25) is 0 Å². The molecule has 0 unspecified atom stereocenters. The third-order valence-corrected chi connectivity index (χ3v) is 3.46. The second-order valence-electron chi connectivity index (χ2n) is 4.80. The average molecular weight is 348 g/mol. The molecule has 124 valence electrons. The summed E-state index contributed by atoms with van der Waals surface area (Å²) in [7, 11) is 0. The van der Waals surface area contributed by atoms with Crippen molar-refractivity contribution in [2.45, 2.75) is 25.6 Å². The predicted octanol–water partition coefficient (Wildman–Crippen LogP) is 3.63. The molecular weight excluding hydrogens is 335 g/mol. The lowest BCUT2D eigenvalue weighted by molar-refractivity contribution is -0.137. The van der Waals surface area contributed by atoms with Crippen LogP contribution in [-0.2, 0) is 9.53 Å². The Labute approximate surface area is 135 Å². The molecule has 1 aliphatic rings. The van der Waals surface area contributed by atoms with Crippen molar-refractivity contribution in [3.8, 4) is 0 Å². The molecule has 0 radical (unpaired) electrons. The number of carbonyl (C=O) groups is 1. The van der Waals surface area contributed by atoms with E-state index in [2.05, 4.69) is 4.99 Å². The highest BCUT2D eigenvalue weighted by molar-refractivity contribution is 6.31. The molecule has 1 aliphatic carbocycles. The van der Waals surface area contributed by atoms with Gasteiger partial charge < -0.3 is 9.84 Å². The predicted molar refractivity (Wildman–Crippen MR) is 79.3 cm³/mol. The molecule has 0 amide bonds. The van der Waals surface area contributed by atoms with Crippen molar-refractivity contribution in [1.29, 1.82) is 0 Å². The molecule has 8 heteroatoms. The van der Waals surface area contributed by atoms with Gasteiger partial charge in [-0.15, -0.1) is 0 Å². The number of carbonyl (C=O) groups excluding carboxylic acids is 1. The van der Waals surface area contributed by atoms with Crippen LogP contribution in [0.4, 0.5) is 13.2 Å². The maximum atomic E-state index is 14.0. The first-order valence-corrected chi connectivity index (χ1v) is 7.16. The zero-order chi connectivity index (χ0) is 17.1. The Hall–Kier alpha value is -2.02. The molecule has 0 heterocycles. The van der Waals surface area contributed by atoms with Gasteiger partial charge in [0.15, 0.2) is 5.82 Å². The summed E-state index contributed by atoms with van der Waals surface area (Å²) in [5.74, 6) is -4.02. The molecular formula is C15H13ClF3NO3. The molecule has 0 spiro atoms. The van der Waals surface area contributed by atoms with Crippen LogP contribution in [0.15, 0.2) is 22.7 Å². The normalized spacial score (nSPS) is 21.3. The van der Waals surface area contributed by atoms with Gasteiger partial charge in [0.05, 0.1) is 18.2 Å². The van der Waals surface area contributed by atoms with Crippen molar-refractivity contribution in [3.63, 3.8) is 0 Å². The Morgan fingerprint density at radius 1 is 1.52 bits per heavy atom. The van der Waals surface area contributed by atoms with E-state index in [4.69, 9.17) is 16.3 Å². The first kappa shape index (κ1) is 17.3. The van der Waals surface area contributed by atoms with Crippen LogP contribution >= 0.6 is 11.6 Å². The maximum Gasteiger partial charge on any atom is 0.343 e. The minimum Gasteiger partial charge on any atom is -0.506 e. The largest absolute Gasteiger partial charge is 0.506 e. The van der Waals surface area contributed by atoms with Crippen LogP contribution in [0.2, 0.25) is 5.02 Å². The van der Waals surface area contributed by atoms with E-state index < -0.39 is 51.7 Å². The Kier molecular flexibility index (Phi) is 5.30. The van der Waals surface area contributed by atoms with Gasteiger partial charge in [0.1, 0.15) is 28.3 Å². The quantitative estimate of drug-likeness (QED) is 0.291. The SMILES string of the molecule is CCOC(=O)C(C=N[C@@H]1C[C@H]1F)=C(O)c1ccc(F)c(Cl)c1F. The van der Waals surface area contributed by atoms with Crippen molar-refractivity contribution < 1.29 is 27.8 Å². The summed E-state index contributed by atoms with van der Waals surface area (Å²) in [5, 5.41) is 9.33. The zero-order valence-electron chi connectivity index (χ0n) is 12.0. The van der Waals surface area contributed by atoms with Gasteiger partial charge in [-0.2, -0.15) is 0 Å². The van der Waals surface area contributed by atoms with E-state index in [1.165, 1.54) is 6.92 Å². The molecule has 0 saturated heterocycles. The van der Waals surface area contributed by atoms with E-state index in [9.17, 15) is 23.1 Å². The maximum absolute atomic E-state index is 14.0. The molecule has 1 N–H and O–H groups in total. The van der Waals surface area contributed by atoms with Crippen LogP contribution in [0.5, 0.6) is 0 Å². The third-order valence-electron chi connectivity index (χ3n) is 3.12. The monoisotopic (exact) mass is 347 g/mol. The van der Waals surface area contributed by atoms with E-state index in [0.29, 0.717) is 0 Å². The van der Waals surface area contributed by atoms with E-state index in [1.54, 1.807) is 0 Å². The molecule has 1 saturated carbocycles. The van der Waals surface area contributed by atoms with E-state index in [0.717, 1.165) is 18.3 Å². The lowest BCUT2D eigenvalue weighted by atomic mass is 10.1. The summed E-state index contributed by atoms with van der Waals surface area (Å²) >= 11 is 5.45. The number of aliphatic hydroxyl groups excluding tert-OH is 1. The highest BCUT2D eigenvalue weighted by Gasteiger charge is 2.37. The van der Waals surface area contributed by atoms with Crippen LogP contribution in [0.1, 0.15) is 18.9 Å². The molecule has 1 fully saturated rings. The summed E-state index contributed by atoms with van der Waals surface area (Å²) in [4.78, 5) is 15.7. The average Bonchev–Trinajstić information content (AvgIpc) is 3.21. The fraction of sp³-hybridized carbons (Fsp3) is 0.333. The Balaban J connectivity index is 2.46. The van der Waals surface area contributed by atoms with Crippen molar-refractivity contribution in [2.24, 2.45) is 4.99 Å². The third kappa shape index (κ3) is 3.85. The van der Waals surface area contributed by atoms with Gasteiger partial charge in [-0.1, -0.05) is 11.6 Å². The number of ether oxygens (including phenoxy) is 1. The summed E-state index contributed by atoms with van der Waals surface area (Å²) in [6.45, 7) is 1.54. The Morgan fingerprint density at radius 3 is 2.74 bits per heavy atom. The minimum absolute atomic E-state index is 0.00523. The second-order valence-corrected chi connectivity index (χ2v) is 5.18. The van der Waals surface area contributed by atoms with Crippen LogP contribution in [0.3, 0.4) is 0 Å². The van der Waals surface area contributed by atoms with Gasteiger partial charge in [0.25, 0.3) is 0 Å². The van der Waals surface area contributed by atoms with E-state index in [1.807, 2.05) is 0 Å². The molecule has 0 bridgehead atoms. The fourth-order valence-corrected chi connectivity index (χ4v) is 1.91. The van der Waals surface area contributed by atoms with Crippen LogP contribution in [0.25, 0.3) is 5.76 Å². The van der Waals surface area contributed by atoms with Gasteiger partial charge in [-0.05, 0) is 19.1 Å². The van der Waals surface area contributed by atoms with E-state index >= 15 is 0 Å². The first-order valence-electron chi connectivity index (χ1n) is 6.78. The van der Waals surface area contributed by atoms with E-state index in [-0.39, 0.29) is 13.0 Å². The van der Waals surface area contributed by atoms with Gasteiger partial charge >= 0.3 is 5.97 Å².